The van der Waals surface area contributed by atoms with Crippen molar-refractivity contribution in [2.24, 2.45) is 0 Å². The molecule has 5 nitrogen and oxygen atoms in total. The Morgan fingerprint density at radius 3 is 2.90 bits per heavy atom. The second-order valence-electron chi connectivity index (χ2n) is 6.49. The zero-order valence-electron chi connectivity index (χ0n) is 13.3. The maximum absolute atomic E-state index is 11.0. The minimum atomic E-state index is -0.878. The van der Waals surface area contributed by atoms with Crippen LogP contribution < -0.4 is 5.32 Å². The topological polar surface area (TPSA) is 53.3 Å². The van der Waals surface area contributed by atoms with E-state index in [-0.39, 0.29) is 0 Å². The van der Waals surface area contributed by atoms with Crippen LogP contribution in [-0.2, 0) is 12.1 Å². The molecule has 1 aliphatic rings. The first-order chi connectivity index (χ1) is 9.90. The Morgan fingerprint density at radius 2 is 2.29 bits per heavy atom. The molecule has 2 unspecified atom stereocenters. The van der Waals surface area contributed by atoms with E-state index in [1.54, 1.807) is 6.20 Å². The van der Waals surface area contributed by atoms with E-state index >= 15 is 0 Å². The van der Waals surface area contributed by atoms with E-state index < -0.39 is 5.60 Å². The van der Waals surface area contributed by atoms with Gasteiger partial charge >= 0.3 is 0 Å². The van der Waals surface area contributed by atoms with Gasteiger partial charge in [-0.2, -0.15) is 5.10 Å². The molecule has 0 radical (unpaired) electrons. The molecule has 2 N–H and O–H groups in total. The van der Waals surface area contributed by atoms with E-state index in [1.165, 1.54) is 12.8 Å². The van der Waals surface area contributed by atoms with E-state index in [0.717, 1.165) is 42.6 Å². The van der Waals surface area contributed by atoms with Crippen LogP contribution in [0.2, 0.25) is 0 Å². The van der Waals surface area contributed by atoms with Gasteiger partial charge in [0.2, 0.25) is 0 Å². The number of nitrogens with zero attached hydrogens (tertiary/aromatic N) is 3. The minimum Gasteiger partial charge on any atom is -0.384 e. The molecule has 1 aliphatic heterocycles. The molecular weight excluding hydrogens is 332 g/mol. The molecule has 0 aromatic carbocycles. The lowest BCUT2D eigenvalue weighted by atomic mass is 9.89. The van der Waals surface area contributed by atoms with Crippen molar-refractivity contribution in [3.05, 3.63) is 16.4 Å². The summed E-state index contributed by atoms with van der Waals surface area (Å²) in [6, 6.07) is 0.387. The number of hydrogen-bond donors (Lipinski definition) is 2. The normalized spacial score (nSPS) is 22.5. The third-order valence-corrected chi connectivity index (χ3v) is 4.70. The maximum Gasteiger partial charge on any atom is 0.106 e. The molecule has 1 aromatic heterocycles. The molecule has 1 aromatic rings. The van der Waals surface area contributed by atoms with Crippen molar-refractivity contribution in [3.63, 3.8) is 0 Å². The highest BCUT2D eigenvalue weighted by Gasteiger charge is 2.33. The Balaban J connectivity index is 2.11. The van der Waals surface area contributed by atoms with Crippen LogP contribution in [0.4, 0.5) is 0 Å². The van der Waals surface area contributed by atoms with E-state index in [4.69, 9.17) is 0 Å². The van der Waals surface area contributed by atoms with Gasteiger partial charge in [0.05, 0.1) is 22.9 Å². The van der Waals surface area contributed by atoms with E-state index in [9.17, 15) is 5.11 Å². The van der Waals surface area contributed by atoms with Gasteiger partial charge in [-0.3, -0.25) is 4.68 Å². The monoisotopic (exact) mass is 358 g/mol. The summed E-state index contributed by atoms with van der Waals surface area (Å²) >= 11 is 3.55. The van der Waals surface area contributed by atoms with Crippen LogP contribution in [-0.4, -0.2) is 53.0 Å². The molecule has 1 saturated heterocycles. The quantitative estimate of drug-likeness (QED) is 0.815. The number of rotatable bonds is 6. The highest BCUT2D eigenvalue weighted by atomic mass is 79.9. The van der Waals surface area contributed by atoms with Gasteiger partial charge in [-0.15, -0.1) is 0 Å². The molecule has 21 heavy (non-hydrogen) atoms. The van der Waals surface area contributed by atoms with Crippen LogP contribution in [0.1, 0.15) is 38.3 Å². The molecular formula is C15H27BrN4O. The van der Waals surface area contributed by atoms with Gasteiger partial charge in [-0.1, -0.05) is 6.42 Å². The molecule has 2 heterocycles. The average Bonchev–Trinajstić information content (AvgIpc) is 2.79. The van der Waals surface area contributed by atoms with Gasteiger partial charge in [-0.25, -0.2) is 0 Å². The summed E-state index contributed by atoms with van der Waals surface area (Å²) in [7, 11) is 4.09. The van der Waals surface area contributed by atoms with Crippen LogP contribution in [0.25, 0.3) is 0 Å². The summed E-state index contributed by atoms with van der Waals surface area (Å²) in [5, 5.41) is 18.9. The largest absolute Gasteiger partial charge is 0.384 e. The molecule has 2 atom stereocenters. The first-order valence-corrected chi connectivity index (χ1v) is 8.52. The molecule has 0 aliphatic carbocycles. The molecule has 0 saturated carbocycles. The fourth-order valence-corrected chi connectivity index (χ4v) is 3.76. The molecule has 0 spiro atoms. The molecule has 120 valence electrons. The van der Waals surface area contributed by atoms with E-state index in [1.807, 2.05) is 25.7 Å². The summed E-state index contributed by atoms with van der Waals surface area (Å²) < 4.78 is 2.81. The van der Waals surface area contributed by atoms with Crippen molar-refractivity contribution in [1.82, 2.24) is 20.0 Å². The number of piperidine rings is 1. The SMILES string of the molecule is CN(C)CCn1ncc(Br)c1C(C)(O)CC1CCCCN1. The van der Waals surface area contributed by atoms with Gasteiger partial charge in [-0.05, 0) is 62.8 Å². The van der Waals surface area contributed by atoms with Crippen LogP contribution in [0, 0.1) is 0 Å². The van der Waals surface area contributed by atoms with Gasteiger partial charge in [0.25, 0.3) is 0 Å². The van der Waals surface area contributed by atoms with Gasteiger partial charge in [0, 0.05) is 12.6 Å². The summed E-state index contributed by atoms with van der Waals surface area (Å²) in [5.41, 5.74) is 0.00753. The number of aromatic nitrogens is 2. The lowest BCUT2D eigenvalue weighted by Gasteiger charge is -2.32. The molecule has 0 bridgehead atoms. The summed E-state index contributed by atoms with van der Waals surface area (Å²) in [4.78, 5) is 2.12. The third-order valence-electron chi connectivity index (χ3n) is 4.12. The fourth-order valence-electron chi connectivity index (χ4n) is 3.04. The number of aliphatic hydroxyl groups is 1. The van der Waals surface area contributed by atoms with Crippen molar-refractivity contribution < 1.29 is 5.11 Å². The standard InChI is InChI=1S/C15H27BrN4O/c1-15(21,10-12-6-4-5-7-17-12)14-13(16)11-18-20(14)9-8-19(2)3/h11-12,17,21H,4-10H2,1-3H3. The molecule has 6 heteroatoms. The smallest absolute Gasteiger partial charge is 0.106 e. The van der Waals surface area contributed by atoms with Crippen molar-refractivity contribution in [2.75, 3.05) is 27.2 Å². The lowest BCUT2D eigenvalue weighted by Crippen LogP contribution is -2.41. The van der Waals surface area contributed by atoms with Gasteiger partial charge in [0.15, 0.2) is 0 Å². The summed E-state index contributed by atoms with van der Waals surface area (Å²) in [5.74, 6) is 0. The highest BCUT2D eigenvalue weighted by molar-refractivity contribution is 9.10. The van der Waals surface area contributed by atoms with Gasteiger partial charge < -0.3 is 15.3 Å². The lowest BCUT2D eigenvalue weighted by molar-refractivity contribution is 0.0234. The van der Waals surface area contributed by atoms with Gasteiger partial charge in [0.1, 0.15) is 5.60 Å². The van der Waals surface area contributed by atoms with Crippen LogP contribution in [0.3, 0.4) is 0 Å². The number of hydrogen-bond acceptors (Lipinski definition) is 4. The Morgan fingerprint density at radius 1 is 1.52 bits per heavy atom. The molecule has 0 amide bonds. The molecule has 1 fully saturated rings. The Hall–Kier alpha value is -0.430. The predicted octanol–water partition coefficient (Wildman–Crippen LogP) is 1.95. The summed E-state index contributed by atoms with van der Waals surface area (Å²) in [6.07, 6.45) is 6.13. The molecule has 2 rings (SSSR count). The van der Waals surface area contributed by atoms with Crippen molar-refractivity contribution >= 4 is 15.9 Å². The minimum absolute atomic E-state index is 0.387. The second-order valence-corrected chi connectivity index (χ2v) is 7.35. The zero-order chi connectivity index (χ0) is 15.5. The second kappa shape index (κ2) is 7.22. The van der Waals surface area contributed by atoms with E-state index in [0.29, 0.717) is 6.04 Å². The number of nitrogens with one attached hydrogen (secondary N) is 1. The van der Waals surface area contributed by atoms with Crippen molar-refractivity contribution in [3.8, 4) is 0 Å². The Labute approximate surface area is 135 Å². The maximum atomic E-state index is 11.0. The first-order valence-electron chi connectivity index (χ1n) is 7.72. The van der Waals surface area contributed by atoms with Crippen molar-refractivity contribution in [1.29, 1.82) is 0 Å². The number of halogens is 1. The van der Waals surface area contributed by atoms with Crippen LogP contribution >= 0.6 is 15.9 Å². The number of likely N-dealkylation sites (N-methyl/N-ethyl adjacent to an activating group) is 1. The van der Waals surface area contributed by atoms with Crippen LogP contribution in [0.15, 0.2) is 10.7 Å². The third kappa shape index (κ3) is 4.52. The first kappa shape index (κ1) is 16.9. The average molecular weight is 359 g/mol. The fraction of sp³-hybridized carbons (Fsp3) is 0.800. The van der Waals surface area contributed by atoms with Crippen LogP contribution in [0.5, 0.6) is 0 Å². The van der Waals surface area contributed by atoms with Crippen molar-refractivity contribution in [2.45, 2.75) is 50.8 Å². The predicted molar refractivity (Wildman–Crippen MR) is 88.3 cm³/mol. The Kier molecular flexibility index (Phi) is 5.82. The Bertz CT molecular complexity index is 453. The van der Waals surface area contributed by atoms with E-state index in [2.05, 4.69) is 31.2 Å². The zero-order valence-corrected chi connectivity index (χ0v) is 14.9. The summed E-state index contributed by atoms with van der Waals surface area (Å²) in [6.45, 7) is 4.64. The highest BCUT2D eigenvalue weighted by Crippen LogP contribution is 2.33.